The lowest BCUT2D eigenvalue weighted by atomic mass is 9.43. The van der Waals surface area contributed by atoms with Gasteiger partial charge in [-0.05, 0) is 104 Å². The Morgan fingerprint density at radius 2 is 1.79 bits per heavy atom. The van der Waals surface area contributed by atoms with Crippen LogP contribution in [-0.4, -0.2) is 33.5 Å². The van der Waals surface area contributed by atoms with E-state index >= 15 is 0 Å². The van der Waals surface area contributed by atoms with E-state index in [-0.39, 0.29) is 29.5 Å². The van der Waals surface area contributed by atoms with Gasteiger partial charge in [0.2, 0.25) is 0 Å². The molecule has 4 saturated carbocycles. The minimum atomic E-state index is -0.707. The quantitative estimate of drug-likeness (QED) is 0.659. The van der Waals surface area contributed by atoms with Crippen LogP contribution in [0.25, 0.3) is 0 Å². The van der Waals surface area contributed by atoms with E-state index in [9.17, 15) is 15.0 Å². The number of aliphatic carboxylic acids is 1. The zero-order chi connectivity index (χ0) is 20.3. The number of rotatable bonds is 4. The SMILES string of the molecule is C[C@H](CCC(=O)O)[C@@H]1CC[C@@H]2[C@@H]3CC[C@@H]4C[C@@H](O)CC[C@]4(C)[C@@H]3C[C@@H](O)[C@]21C. The normalized spacial score (nSPS) is 51.7. The minimum Gasteiger partial charge on any atom is -0.481 e. The number of hydrogen-bond acceptors (Lipinski definition) is 3. The molecular formula is C24H40O4. The van der Waals surface area contributed by atoms with Crippen molar-refractivity contribution in [2.24, 2.45) is 46.3 Å². The fraction of sp³-hybridized carbons (Fsp3) is 0.958. The summed E-state index contributed by atoms with van der Waals surface area (Å²) >= 11 is 0. The Morgan fingerprint density at radius 1 is 1.04 bits per heavy atom. The number of hydrogen-bond donors (Lipinski definition) is 3. The first-order valence-electron chi connectivity index (χ1n) is 11.8. The second kappa shape index (κ2) is 7.27. The summed E-state index contributed by atoms with van der Waals surface area (Å²) in [4.78, 5) is 11.1. The first kappa shape index (κ1) is 20.7. The highest BCUT2D eigenvalue weighted by atomic mass is 16.4. The Hall–Kier alpha value is -0.610. The van der Waals surface area contributed by atoms with Gasteiger partial charge in [-0.1, -0.05) is 20.8 Å². The van der Waals surface area contributed by atoms with Gasteiger partial charge in [0.25, 0.3) is 0 Å². The third-order valence-corrected chi connectivity index (χ3v) is 10.3. The second-order valence-electron chi connectivity index (χ2n) is 11.3. The Bertz CT molecular complexity index is 605. The smallest absolute Gasteiger partial charge is 0.303 e. The predicted molar refractivity (Wildman–Crippen MR) is 109 cm³/mol. The van der Waals surface area contributed by atoms with Crippen molar-refractivity contribution >= 4 is 5.97 Å². The maximum Gasteiger partial charge on any atom is 0.303 e. The standard InChI is InChI=1S/C24H40O4/c1-14(4-9-22(27)28)18-7-8-19-17-6-5-15-12-16(25)10-11-23(15,2)20(17)13-21(26)24(18,19)3/h14-21,25-26H,4-13H2,1-3H3,(H,27,28)/t14-,15-,16+,17+,18+,19-,20-,21-,23+,24+/m1/s1. The van der Waals surface area contributed by atoms with Gasteiger partial charge >= 0.3 is 5.97 Å². The number of aliphatic hydroxyl groups is 2. The molecule has 0 aliphatic heterocycles. The zero-order valence-corrected chi connectivity index (χ0v) is 17.9. The molecule has 0 amide bonds. The Labute approximate surface area is 170 Å². The highest BCUT2D eigenvalue weighted by molar-refractivity contribution is 5.66. The highest BCUT2D eigenvalue weighted by Crippen LogP contribution is 2.68. The molecule has 10 atom stereocenters. The molecule has 0 saturated heterocycles. The number of aliphatic hydroxyl groups excluding tert-OH is 2. The maximum absolute atomic E-state index is 11.5. The van der Waals surface area contributed by atoms with E-state index in [4.69, 9.17) is 5.11 Å². The largest absolute Gasteiger partial charge is 0.481 e. The summed E-state index contributed by atoms with van der Waals surface area (Å²) < 4.78 is 0. The number of carboxylic acid groups (broad SMARTS) is 1. The van der Waals surface area contributed by atoms with Crippen LogP contribution in [0.2, 0.25) is 0 Å². The molecule has 0 heterocycles. The van der Waals surface area contributed by atoms with Gasteiger partial charge in [-0.3, -0.25) is 4.79 Å². The molecule has 4 heteroatoms. The summed E-state index contributed by atoms with van der Waals surface area (Å²) in [6, 6.07) is 0. The summed E-state index contributed by atoms with van der Waals surface area (Å²) in [6.45, 7) is 6.99. The van der Waals surface area contributed by atoms with Gasteiger partial charge in [-0.25, -0.2) is 0 Å². The van der Waals surface area contributed by atoms with Crippen molar-refractivity contribution in [3.63, 3.8) is 0 Å². The van der Waals surface area contributed by atoms with E-state index in [2.05, 4.69) is 20.8 Å². The number of carboxylic acids is 1. The molecule has 160 valence electrons. The number of carbonyl (C=O) groups is 1. The van der Waals surface area contributed by atoms with Gasteiger partial charge in [0, 0.05) is 6.42 Å². The highest BCUT2D eigenvalue weighted by Gasteiger charge is 2.63. The lowest BCUT2D eigenvalue weighted by molar-refractivity contribution is -0.175. The molecule has 4 aliphatic carbocycles. The van der Waals surface area contributed by atoms with Crippen molar-refractivity contribution in [2.45, 2.75) is 97.2 Å². The van der Waals surface area contributed by atoms with Crippen LogP contribution < -0.4 is 0 Å². The van der Waals surface area contributed by atoms with Crippen LogP contribution in [0.15, 0.2) is 0 Å². The summed E-state index contributed by atoms with van der Waals surface area (Å²) in [5.74, 6) is 2.55. The molecule has 4 aliphatic rings. The van der Waals surface area contributed by atoms with Gasteiger partial charge in [-0.2, -0.15) is 0 Å². The van der Waals surface area contributed by atoms with Crippen molar-refractivity contribution in [2.75, 3.05) is 0 Å². The van der Waals surface area contributed by atoms with Crippen LogP contribution in [0.5, 0.6) is 0 Å². The maximum atomic E-state index is 11.5. The summed E-state index contributed by atoms with van der Waals surface area (Å²) in [5.41, 5.74) is 0.216. The Balaban J connectivity index is 1.56. The third kappa shape index (κ3) is 3.05. The molecule has 0 unspecified atom stereocenters. The first-order valence-corrected chi connectivity index (χ1v) is 11.8. The van der Waals surface area contributed by atoms with E-state index in [0.29, 0.717) is 35.5 Å². The summed E-state index contributed by atoms with van der Waals surface area (Å²) in [7, 11) is 0. The van der Waals surface area contributed by atoms with E-state index in [1.165, 1.54) is 19.3 Å². The lowest BCUT2D eigenvalue weighted by Gasteiger charge is -2.62. The van der Waals surface area contributed by atoms with Crippen molar-refractivity contribution in [3.05, 3.63) is 0 Å². The molecule has 0 spiro atoms. The van der Waals surface area contributed by atoms with Gasteiger partial charge < -0.3 is 15.3 Å². The molecule has 3 N–H and O–H groups in total. The van der Waals surface area contributed by atoms with Crippen molar-refractivity contribution in [1.82, 2.24) is 0 Å². The zero-order valence-electron chi connectivity index (χ0n) is 17.9. The topological polar surface area (TPSA) is 77.8 Å². The fourth-order valence-electron chi connectivity index (χ4n) is 8.71. The molecule has 0 aromatic carbocycles. The van der Waals surface area contributed by atoms with E-state index in [1.54, 1.807) is 0 Å². The molecule has 4 nitrogen and oxygen atoms in total. The summed E-state index contributed by atoms with van der Waals surface area (Å²) in [5, 5.41) is 30.8. The predicted octanol–water partition coefficient (Wildman–Crippen LogP) is 4.48. The van der Waals surface area contributed by atoms with Crippen LogP contribution in [-0.2, 0) is 4.79 Å². The van der Waals surface area contributed by atoms with Gasteiger partial charge in [0.15, 0.2) is 0 Å². The minimum absolute atomic E-state index is 0.0591. The molecule has 28 heavy (non-hydrogen) atoms. The lowest BCUT2D eigenvalue weighted by Crippen LogP contribution is -2.58. The molecular weight excluding hydrogens is 352 g/mol. The molecule has 0 radical (unpaired) electrons. The molecule has 4 fully saturated rings. The van der Waals surface area contributed by atoms with E-state index in [0.717, 1.165) is 38.5 Å². The Morgan fingerprint density at radius 3 is 2.50 bits per heavy atom. The van der Waals surface area contributed by atoms with Crippen LogP contribution in [0, 0.1) is 46.3 Å². The van der Waals surface area contributed by atoms with E-state index in [1.807, 2.05) is 0 Å². The van der Waals surface area contributed by atoms with Gasteiger partial charge in [-0.15, -0.1) is 0 Å². The Kier molecular flexibility index (Phi) is 5.36. The van der Waals surface area contributed by atoms with Crippen LogP contribution in [0.3, 0.4) is 0 Å². The van der Waals surface area contributed by atoms with Crippen molar-refractivity contribution < 1.29 is 20.1 Å². The second-order valence-corrected chi connectivity index (χ2v) is 11.3. The van der Waals surface area contributed by atoms with Crippen LogP contribution in [0.4, 0.5) is 0 Å². The van der Waals surface area contributed by atoms with Crippen molar-refractivity contribution in [1.29, 1.82) is 0 Å². The number of fused-ring (bicyclic) bond motifs is 5. The van der Waals surface area contributed by atoms with Gasteiger partial charge in [0.05, 0.1) is 12.2 Å². The van der Waals surface area contributed by atoms with E-state index < -0.39 is 5.97 Å². The van der Waals surface area contributed by atoms with Crippen molar-refractivity contribution in [3.8, 4) is 0 Å². The average molecular weight is 393 g/mol. The summed E-state index contributed by atoms with van der Waals surface area (Å²) in [6.07, 6.45) is 9.26. The fourth-order valence-corrected chi connectivity index (χ4v) is 8.71. The first-order chi connectivity index (χ1) is 13.2. The van der Waals surface area contributed by atoms with Crippen LogP contribution >= 0.6 is 0 Å². The molecule has 4 rings (SSSR count). The van der Waals surface area contributed by atoms with Crippen LogP contribution in [0.1, 0.15) is 85.0 Å². The average Bonchev–Trinajstić information content (AvgIpc) is 3.00. The third-order valence-electron chi connectivity index (χ3n) is 10.3. The molecule has 0 aromatic heterocycles. The van der Waals surface area contributed by atoms with Gasteiger partial charge in [0.1, 0.15) is 0 Å². The monoisotopic (exact) mass is 392 g/mol. The molecule has 0 aromatic rings. The molecule has 0 bridgehead atoms.